The minimum absolute atomic E-state index is 0.0946. The van der Waals surface area contributed by atoms with Crippen molar-refractivity contribution in [3.63, 3.8) is 0 Å². The zero-order valence-corrected chi connectivity index (χ0v) is 10.2. The van der Waals surface area contributed by atoms with Gasteiger partial charge in [-0.05, 0) is 6.07 Å². The van der Waals surface area contributed by atoms with Crippen LogP contribution in [0.5, 0.6) is 0 Å². The number of aromatic nitrogens is 1. The maximum atomic E-state index is 12.0. The number of nitro groups is 1. The molecular formula is C10H6ClN5O3. The average Bonchev–Trinajstić information content (AvgIpc) is 2.37. The summed E-state index contributed by atoms with van der Waals surface area (Å²) in [6.07, 6.45) is 0.854. The molecule has 0 atom stereocenters. The van der Waals surface area contributed by atoms with Gasteiger partial charge < -0.3 is 4.90 Å². The SMILES string of the molecule is N#CCN(CC#N)C(=O)c1cc(Cl)ncc1[N+](=O)[O-]. The molecule has 9 heteroatoms. The van der Waals surface area contributed by atoms with Crippen molar-refractivity contribution in [2.24, 2.45) is 0 Å². The van der Waals surface area contributed by atoms with Crippen molar-refractivity contribution >= 4 is 23.2 Å². The molecule has 1 aromatic rings. The van der Waals surface area contributed by atoms with Gasteiger partial charge >= 0.3 is 0 Å². The summed E-state index contributed by atoms with van der Waals surface area (Å²) in [5, 5.41) is 27.8. The Labute approximate surface area is 112 Å². The van der Waals surface area contributed by atoms with Crippen LogP contribution in [0.2, 0.25) is 5.15 Å². The summed E-state index contributed by atoms with van der Waals surface area (Å²) in [7, 11) is 0. The van der Waals surface area contributed by atoms with E-state index in [0.717, 1.165) is 17.2 Å². The van der Waals surface area contributed by atoms with Gasteiger partial charge in [0.05, 0.1) is 17.1 Å². The molecule has 0 radical (unpaired) electrons. The fourth-order valence-electron chi connectivity index (χ4n) is 1.28. The van der Waals surface area contributed by atoms with Crippen LogP contribution in [0.4, 0.5) is 5.69 Å². The first-order chi connectivity index (χ1) is 9.01. The predicted octanol–water partition coefficient (Wildman–Crippen LogP) is 1.13. The van der Waals surface area contributed by atoms with E-state index in [4.69, 9.17) is 22.1 Å². The zero-order chi connectivity index (χ0) is 14.4. The second-order valence-corrected chi connectivity index (χ2v) is 3.65. The van der Waals surface area contributed by atoms with E-state index in [1.165, 1.54) is 0 Å². The molecule has 96 valence electrons. The maximum absolute atomic E-state index is 12.0. The number of halogens is 1. The standard InChI is InChI=1S/C10H6ClN5O3/c11-9-5-7(8(6-14-9)16(18)19)10(17)15(3-1-12)4-2-13/h5-6H,3-4H2. The van der Waals surface area contributed by atoms with Crippen molar-refractivity contribution < 1.29 is 9.72 Å². The summed E-state index contributed by atoms with van der Waals surface area (Å²) in [5.74, 6) is -0.820. The monoisotopic (exact) mass is 279 g/mol. The van der Waals surface area contributed by atoms with Crippen LogP contribution >= 0.6 is 11.6 Å². The van der Waals surface area contributed by atoms with Gasteiger partial charge in [0.15, 0.2) is 0 Å². The van der Waals surface area contributed by atoms with E-state index >= 15 is 0 Å². The molecule has 0 aliphatic rings. The molecule has 1 aromatic heterocycles. The van der Waals surface area contributed by atoms with E-state index in [2.05, 4.69) is 4.98 Å². The number of nitriles is 2. The highest BCUT2D eigenvalue weighted by atomic mass is 35.5. The van der Waals surface area contributed by atoms with E-state index < -0.39 is 16.5 Å². The van der Waals surface area contributed by atoms with Gasteiger partial charge in [0.2, 0.25) is 0 Å². The second kappa shape index (κ2) is 6.28. The molecule has 1 heterocycles. The molecule has 1 rings (SSSR count). The number of nitrogens with zero attached hydrogens (tertiary/aromatic N) is 5. The molecular weight excluding hydrogens is 274 g/mol. The highest BCUT2D eigenvalue weighted by Crippen LogP contribution is 2.21. The van der Waals surface area contributed by atoms with Crippen LogP contribution in [0, 0.1) is 32.8 Å². The Morgan fingerprint density at radius 3 is 2.53 bits per heavy atom. The Hall–Kier alpha value is -2.71. The van der Waals surface area contributed by atoms with E-state index in [0.29, 0.717) is 0 Å². The molecule has 0 fully saturated rings. The largest absolute Gasteiger partial charge is 0.312 e. The fraction of sp³-hybridized carbons (Fsp3) is 0.200. The third kappa shape index (κ3) is 3.37. The van der Waals surface area contributed by atoms with Gasteiger partial charge in [0.1, 0.15) is 30.0 Å². The van der Waals surface area contributed by atoms with Crippen LogP contribution in [0.1, 0.15) is 10.4 Å². The number of hydrogen-bond acceptors (Lipinski definition) is 6. The molecule has 0 saturated carbocycles. The molecule has 0 spiro atoms. The molecule has 8 nitrogen and oxygen atoms in total. The Kier molecular flexibility index (Phi) is 4.75. The summed E-state index contributed by atoms with van der Waals surface area (Å²) < 4.78 is 0. The quantitative estimate of drug-likeness (QED) is 0.352. The fourth-order valence-corrected chi connectivity index (χ4v) is 1.44. The van der Waals surface area contributed by atoms with Gasteiger partial charge in [0, 0.05) is 0 Å². The normalized spacial score (nSPS) is 9.21. The van der Waals surface area contributed by atoms with Gasteiger partial charge in [-0.3, -0.25) is 14.9 Å². The van der Waals surface area contributed by atoms with E-state index in [1.54, 1.807) is 12.1 Å². The van der Waals surface area contributed by atoms with Gasteiger partial charge in [0.25, 0.3) is 11.6 Å². The molecule has 0 aromatic carbocycles. The molecule has 0 bridgehead atoms. The van der Waals surface area contributed by atoms with Crippen molar-refractivity contribution in [2.45, 2.75) is 0 Å². The third-order valence-corrected chi connectivity index (χ3v) is 2.29. The number of amides is 1. The lowest BCUT2D eigenvalue weighted by Crippen LogP contribution is -2.32. The first-order valence-electron chi connectivity index (χ1n) is 4.84. The first kappa shape index (κ1) is 14.4. The lowest BCUT2D eigenvalue weighted by atomic mass is 10.2. The summed E-state index contributed by atoms with van der Waals surface area (Å²) in [6, 6.07) is 4.44. The summed E-state index contributed by atoms with van der Waals surface area (Å²) in [6.45, 7) is -0.715. The minimum Gasteiger partial charge on any atom is -0.312 e. The van der Waals surface area contributed by atoms with Crippen LogP contribution in [0.25, 0.3) is 0 Å². The van der Waals surface area contributed by atoms with Crippen LogP contribution in [0.3, 0.4) is 0 Å². The number of carbonyl (C=O) groups is 1. The lowest BCUT2D eigenvalue weighted by Gasteiger charge is -2.15. The first-order valence-corrected chi connectivity index (χ1v) is 5.22. The zero-order valence-electron chi connectivity index (χ0n) is 9.41. The Balaban J connectivity index is 3.24. The Morgan fingerprint density at radius 2 is 2.05 bits per heavy atom. The van der Waals surface area contributed by atoms with Gasteiger partial charge in [-0.15, -0.1) is 0 Å². The predicted molar refractivity (Wildman–Crippen MR) is 63.0 cm³/mol. The number of hydrogen-bond donors (Lipinski definition) is 0. The van der Waals surface area contributed by atoms with Crippen LogP contribution in [-0.4, -0.2) is 33.8 Å². The molecule has 1 amide bonds. The second-order valence-electron chi connectivity index (χ2n) is 3.26. The number of rotatable bonds is 4. The number of pyridine rings is 1. The Morgan fingerprint density at radius 1 is 1.47 bits per heavy atom. The van der Waals surface area contributed by atoms with Crippen LogP contribution in [-0.2, 0) is 0 Å². The third-order valence-electron chi connectivity index (χ3n) is 2.09. The highest BCUT2D eigenvalue weighted by molar-refractivity contribution is 6.29. The van der Waals surface area contributed by atoms with Crippen molar-refractivity contribution in [3.05, 3.63) is 33.1 Å². The smallest absolute Gasteiger partial charge is 0.300 e. The summed E-state index contributed by atoms with van der Waals surface area (Å²) >= 11 is 5.59. The summed E-state index contributed by atoms with van der Waals surface area (Å²) in [5.41, 5.74) is -0.842. The van der Waals surface area contributed by atoms with Crippen molar-refractivity contribution in [3.8, 4) is 12.1 Å². The van der Waals surface area contributed by atoms with Gasteiger partial charge in [-0.2, -0.15) is 10.5 Å². The van der Waals surface area contributed by atoms with E-state index in [-0.39, 0.29) is 23.8 Å². The number of carbonyl (C=O) groups excluding carboxylic acids is 1. The van der Waals surface area contributed by atoms with Crippen LogP contribution < -0.4 is 0 Å². The maximum Gasteiger partial charge on any atom is 0.300 e. The summed E-state index contributed by atoms with van der Waals surface area (Å²) in [4.78, 5) is 26.4. The highest BCUT2D eigenvalue weighted by Gasteiger charge is 2.25. The van der Waals surface area contributed by atoms with Gasteiger partial charge in [-0.1, -0.05) is 11.6 Å². The molecule has 0 aliphatic carbocycles. The van der Waals surface area contributed by atoms with Gasteiger partial charge in [-0.25, -0.2) is 4.98 Å². The minimum atomic E-state index is -0.820. The molecule has 0 aliphatic heterocycles. The van der Waals surface area contributed by atoms with Crippen LogP contribution in [0.15, 0.2) is 12.3 Å². The van der Waals surface area contributed by atoms with E-state index in [9.17, 15) is 14.9 Å². The van der Waals surface area contributed by atoms with Crippen molar-refractivity contribution in [1.29, 1.82) is 10.5 Å². The van der Waals surface area contributed by atoms with E-state index in [1.807, 2.05) is 0 Å². The Bertz CT molecular complexity index is 588. The average molecular weight is 280 g/mol. The lowest BCUT2D eigenvalue weighted by molar-refractivity contribution is -0.385. The topological polar surface area (TPSA) is 124 Å². The van der Waals surface area contributed by atoms with Crippen molar-refractivity contribution in [1.82, 2.24) is 9.88 Å². The van der Waals surface area contributed by atoms with Crippen molar-refractivity contribution in [2.75, 3.05) is 13.1 Å². The molecule has 19 heavy (non-hydrogen) atoms. The molecule has 0 saturated heterocycles. The molecule has 0 N–H and O–H groups in total. The molecule has 0 unspecified atom stereocenters.